The van der Waals surface area contributed by atoms with Crippen molar-refractivity contribution in [2.75, 3.05) is 12.4 Å². The quantitative estimate of drug-likeness (QED) is 0.851. The predicted octanol–water partition coefficient (Wildman–Crippen LogP) is 1.45. The van der Waals surface area contributed by atoms with Crippen LogP contribution >= 0.6 is 0 Å². The molecule has 0 spiro atoms. The molecular formula is C13H14N4O. The summed E-state index contributed by atoms with van der Waals surface area (Å²) in [6.45, 7) is 0.465. The number of carbonyl (C=O) groups excluding carboxylic acids is 1. The molecular weight excluding hydrogens is 228 g/mol. The third-order valence-electron chi connectivity index (χ3n) is 2.44. The van der Waals surface area contributed by atoms with Crippen molar-refractivity contribution >= 4 is 11.7 Å². The zero-order chi connectivity index (χ0) is 12.8. The lowest BCUT2D eigenvalue weighted by molar-refractivity contribution is 0.0946. The molecule has 0 aliphatic rings. The van der Waals surface area contributed by atoms with E-state index < -0.39 is 0 Å². The fourth-order valence-corrected chi connectivity index (χ4v) is 1.47. The third-order valence-corrected chi connectivity index (χ3v) is 2.44. The van der Waals surface area contributed by atoms with E-state index in [9.17, 15) is 4.79 Å². The molecule has 2 rings (SSSR count). The van der Waals surface area contributed by atoms with Gasteiger partial charge in [0.05, 0.1) is 0 Å². The zero-order valence-corrected chi connectivity index (χ0v) is 10.1. The van der Waals surface area contributed by atoms with Crippen LogP contribution in [0.5, 0.6) is 0 Å². The van der Waals surface area contributed by atoms with Crippen LogP contribution in [0.2, 0.25) is 0 Å². The monoisotopic (exact) mass is 242 g/mol. The molecule has 5 heteroatoms. The fourth-order valence-electron chi connectivity index (χ4n) is 1.47. The molecule has 2 aromatic heterocycles. The second-order valence-corrected chi connectivity index (χ2v) is 3.70. The van der Waals surface area contributed by atoms with Crippen LogP contribution in [0.15, 0.2) is 42.7 Å². The van der Waals surface area contributed by atoms with Crippen LogP contribution in [0.1, 0.15) is 16.1 Å². The Labute approximate surface area is 105 Å². The van der Waals surface area contributed by atoms with Gasteiger partial charge in [0.25, 0.3) is 5.91 Å². The lowest BCUT2D eigenvalue weighted by Gasteiger charge is -2.06. The van der Waals surface area contributed by atoms with Crippen LogP contribution in [0.3, 0.4) is 0 Å². The van der Waals surface area contributed by atoms with Crippen molar-refractivity contribution in [3.8, 4) is 0 Å². The summed E-state index contributed by atoms with van der Waals surface area (Å²) in [6.07, 6.45) is 3.39. The first kappa shape index (κ1) is 12.0. The van der Waals surface area contributed by atoms with E-state index in [0.29, 0.717) is 18.1 Å². The number of nitrogens with one attached hydrogen (secondary N) is 2. The fraction of sp³-hybridized carbons (Fsp3) is 0.154. The first-order valence-electron chi connectivity index (χ1n) is 5.61. The molecule has 0 aromatic carbocycles. The van der Waals surface area contributed by atoms with Gasteiger partial charge >= 0.3 is 0 Å². The average Bonchev–Trinajstić information content (AvgIpc) is 2.46. The minimum atomic E-state index is -0.191. The van der Waals surface area contributed by atoms with Crippen molar-refractivity contribution < 1.29 is 4.79 Å². The van der Waals surface area contributed by atoms with Gasteiger partial charge in [-0.3, -0.25) is 9.78 Å². The maximum Gasteiger partial charge on any atom is 0.270 e. The van der Waals surface area contributed by atoms with Crippen LogP contribution < -0.4 is 10.6 Å². The number of nitrogens with zero attached hydrogens (tertiary/aromatic N) is 2. The molecule has 92 valence electrons. The summed E-state index contributed by atoms with van der Waals surface area (Å²) < 4.78 is 0. The SMILES string of the molecule is CNc1cccc(C(=O)NCc2ccncc2)n1. The summed E-state index contributed by atoms with van der Waals surface area (Å²) in [5, 5.41) is 5.71. The molecule has 0 saturated carbocycles. The van der Waals surface area contributed by atoms with Gasteiger partial charge in [-0.1, -0.05) is 6.07 Å². The van der Waals surface area contributed by atoms with E-state index in [1.807, 2.05) is 12.1 Å². The van der Waals surface area contributed by atoms with Crippen molar-refractivity contribution in [3.63, 3.8) is 0 Å². The second kappa shape index (κ2) is 5.77. The molecule has 0 unspecified atom stereocenters. The highest BCUT2D eigenvalue weighted by molar-refractivity contribution is 5.92. The number of hydrogen-bond acceptors (Lipinski definition) is 4. The van der Waals surface area contributed by atoms with E-state index in [0.717, 1.165) is 5.56 Å². The van der Waals surface area contributed by atoms with E-state index >= 15 is 0 Å². The summed E-state index contributed by atoms with van der Waals surface area (Å²) >= 11 is 0. The van der Waals surface area contributed by atoms with Crippen molar-refractivity contribution in [3.05, 3.63) is 54.0 Å². The highest BCUT2D eigenvalue weighted by atomic mass is 16.1. The molecule has 18 heavy (non-hydrogen) atoms. The van der Waals surface area contributed by atoms with Gasteiger partial charge in [-0.25, -0.2) is 4.98 Å². The Morgan fingerprint density at radius 3 is 2.72 bits per heavy atom. The molecule has 2 heterocycles. The standard InChI is InChI=1S/C13H14N4O/c1-14-12-4-2-3-11(17-12)13(18)16-9-10-5-7-15-8-6-10/h2-8H,9H2,1H3,(H,14,17)(H,16,18). The van der Waals surface area contributed by atoms with Crippen molar-refractivity contribution in [2.24, 2.45) is 0 Å². The van der Waals surface area contributed by atoms with E-state index in [-0.39, 0.29) is 5.91 Å². The van der Waals surface area contributed by atoms with E-state index in [4.69, 9.17) is 0 Å². The highest BCUT2D eigenvalue weighted by Gasteiger charge is 2.06. The maximum absolute atomic E-state index is 11.9. The third kappa shape index (κ3) is 3.04. The molecule has 2 aromatic rings. The topological polar surface area (TPSA) is 66.9 Å². The minimum absolute atomic E-state index is 0.191. The Balaban J connectivity index is 1.99. The molecule has 2 N–H and O–H groups in total. The average molecular weight is 242 g/mol. The largest absolute Gasteiger partial charge is 0.373 e. The van der Waals surface area contributed by atoms with Crippen LogP contribution in [-0.4, -0.2) is 22.9 Å². The molecule has 0 aliphatic carbocycles. The van der Waals surface area contributed by atoms with Crippen molar-refractivity contribution in [1.29, 1.82) is 0 Å². The van der Waals surface area contributed by atoms with E-state index in [1.165, 1.54) is 0 Å². The summed E-state index contributed by atoms with van der Waals surface area (Å²) in [7, 11) is 1.76. The number of rotatable bonds is 4. The Bertz CT molecular complexity index is 528. The molecule has 5 nitrogen and oxygen atoms in total. The van der Waals surface area contributed by atoms with Gasteiger partial charge in [0, 0.05) is 26.0 Å². The number of carbonyl (C=O) groups is 1. The van der Waals surface area contributed by atoms with Crippen molar-refractivity contribution in [1.82, 2.24) is 15.3 Å². The highest BCUT2D eigenvalue weighted by Crippen LogP contribution is 2.04. The molecule has 0 saturated heterocycles. The van der Waals surface area contributed by atoms with E-state index in [2.05, 4.69) is 20.6 Å². The smallest absolute Gasteiger partial charge is 0.270 e. The van der Waals surface area contributed by atoms with Gasteiger partial charge in [-0.05, 0) is 29.8 Å². The number of pyridine rings is 2. The first-order chi connectivity index (χ1) is 8.79. The van der Waals surface area contributed by atoms with E-state index in [1.54, 1.807) is 37.6 Å². The lowest BCUT2D eigenvalue weighted by Crippen LogP contribution is -2.23. The van der Waals surface area contributed by atoms with Crippen LogP contribution in [0.25, 0.3) is 0 Å². The van der Waals surface area contributed by atoms with Gasteiger partial charge in [-0.15, -0.1) is 0 Å². The van der Waals surface area contributed by atoms with Crippen LogP contribution in [-0.2, 0) is 6.54 Å². The number of hydrogen-bond donors (Lipinski definition) is 2. The summed E-state index contributed by atoms with van der Waals surface area (Å²) in [5.41, 5.74) is 1.40. The van der Waals surface area contributed by atoms with Gasteiger partial charge in [0.2, 0.25) is 0 Å². The normalized spacial score (nSPS) is 9.83. The van der Waals surface area contributed by atoms with Crippen molar-refractivity contribution in [2.45, 2.75) is 6.54 Å². The van der Waals surface area contributed by atoms with Gasteiger partial charge in [-0.2, -0.15) is 0 Å². The lowest BCUT2D eigenvalue weighted by atomic mass is 10.2. The van der Waals surface area contributed by atoms with Crippen LogP contribution in [0.4, 0.5) is 5.82 Å². The number of anilines is 1. The Morgan fingerprint density at radius 1 is 1.22 bits per heavy atom. The second-order valence-electron chi connectivity index (χ2n) is 3.70. The first-order valence-corrected chi connectivity index (χ1v) is 5.61. The summed E-state index contributed by atoms with van der Waals surface area (Å²) in [5.74, 6) is 0.482. The maximum atomic E-state index is 11.9. The molecule has 1 amide bonds. The Kier molecular flexibility index (Phi) is 3.86. The minimum Gasteiger partial charge on any atom is -0.373 e. The summed E-state index contributed by atoms with van der Waals surface area (Å²) in [4.78, 5) is 20.0. The van der Waals surface area contributed by atoms with Gasteiger partial charge < -0.3 is 10.6 Å². The predicted molar refractivity (Wildman–Crippen MR) is 69.2 cm³/mol. The molecule has 0 fully saturated rings. The summed E-state index contributed by atoms with van der Waals surface area (Å²) in [6, 6.07) is 9.00. The number of aromatic nitrogens is 2. The molecule has 0 aliphatic heterocycles. The van der Waals surface area contributed by atoms with Gasteiger partial charge in [0.15, 0.2) is 0 Å². The van der Waals surface area contributed by atoms with Crippen LogP contribution in [0, 0.1) is 0 Å². The molecule has 0 atom stereocenters. The molecule has 0 radical (unpaired) electrons. The zero-order valence-electron chi connectivity index (χ0n) is 10.1. The Morgan fingerprint density at radius 2 is 2.00 bits per heavy atom. The van der Waals surface area contributed by atoms with Gasteiger partial charge in [0.1, 0.15) is 11.5 Å². The Hall–Kier alpha value is -2.43. The number of amides is 1. The molecule has 0 bridgehead atoms.